The molecule has 1 aliphatic rings. The van der Waals surface area contributed by atoms with Crippen molar-refractivity contribution in [3.05, 3.63) is 24.0 Å². The standard InChI is InChI=1S/C17H27N3O/c1-3-11-19-16-13-18-12-10-15(16)17(21)20(2)14-8-6-4-5-7-9-14/h10,12-14,19H,3-9,11H2,1-2H3. The van der Waals surface area contributed by atoms with E-state index in [-0.39, 0.29) is 5.91 Å². The third kappa shape index (κ3) is 4.19. The molecule has 0 aliphatic heterocycles. The van der Waals surface area contributed by atoms with Crippen LogP contribution < -0.4 is 5.32 Å². The van der Waals surface area contributed by atoms with Crippen molar-refractivity contribution in [1.82, 2.24) is 9.88 Å². The molecule has 1 aliphatic carbocycles. The van der Waals surface area contributed by atoms with Crippen molar-refractivity contribution in [2.24, 2.45) is 0 Å². The van der Waals surface area contributed by atoms with Crippen LogP contribution in [0, 0.1) is 0 Å². The summed E-state index contributed by atoms with van der Waals surface area (Å²) >= 11 is 0. The third-order valence-corrected chi connectivity index (χ3v) is 4.31. The molecule has 1 fully saturated rings. The Balaban J connectivity index is 2.10. The molecule has 0 unspecified atom stereocenters. The van der Waals surface area contributed by atoms with Crippen LogP contribution in [0.5, 0.6) is 0 Å². The zero-order valence-electron chi connectivity index (χ0n) is 13.3. The van der Waals surface area contributed by atoms with Gasteiger partial charge in [0.1, 0.15) is 0 Å². The first-order valence-electron chi connectivity index (χ1n) is 8.19. The Bertz CT molecular complexity index is 453. The Morgan fingerprint density at radius 1 is 1.33 bits per heavy atom. The summed E-state index contributed by atoms with van der Waals surface area (Å²) in [6.07, 6.45) is 11.8. The van der Waals surface area contributed by atoms with Crippen LogP contribution in [0.25, 0.3) is 0 Å². The van der Waals surface area contributed by atoms with Gasteiger partial charge in [-0.1, -0.05) is 32.6 Å². The van der Waals surface area contributed by atoms with Crippen molar-refractivity contribution in [3.8, 4) is 0 Å². The highest BCUT2D eigenvalue weighted by molar-refractivity contribution is 5.99. The first kappa shape index (κ1) is 15.8. The second-order valence-electron chi connectivity index (χ2n) is 5.91. The van der Waals surface area contributed by atoms with Gasteiger partial charge in [0.2, 0.25) is 0 Å². The summed E-state index contributed by atoms with van der Waals surface area (Å²) in [7, 11) is 1.95. The van der Waals surface area contributed by atoms with Gasteiger partial charge in [0, 0.05) is 25.8 Å². The molecule has 1 heterocycles. The summed E-state index contributed by atoms with van der Waals surface area (Å²) in [6, 6.07) is 2.21. The molecule has 4 heteroatoms. The third-order valence-electron chi connectivity index (χ3n) is 4.31. The number of hydrogen-bond donors (Lipinski definition) is 1. The number of pyridine rings is 1. The fourth-order valence-electron chi connectivity index (χ4n) is 2.98. The van der Waals surface area contributed by atoms with E-state index in [2.05, 4.69) is 17.2 Å². The Labute approximate surface area is 127 Å². The van der Waals surface area contributed by atoms with Gasteiger partial charge in [0.15, 0.2) is 0 Å². The van der Waals surface area contributed by atoms with Gasteiger partial charge in [0.05, 0.1) is 17.4 Å². The molecule has 0 radical (unpaired) electrons. The van der Waals surface area contributed by atoms with E-state index >= 15 is 0 Å². The molecular weight excluding hydrogens is 262 g/mol. The van der Waals surface area contributed by atoms with Crippen LogP contribution >= 0.6 is 0 Å². The molecular formula is C17H27N3O. The second kappa shape index (κ2) is 8.01. The molecule has 1 saturated carbocycles. The monoisotopic (exact) mass is 289 g/mol. The van der Waals surface area contributed by atoms with Crippen LogP contribution in [0.1, 0.15) is 62.2 Å². The molecule has 1 aromatic heterocycles. The van der Waals surface area contributed by atoms with Crippen LogP contribution in [0.3, 0.4) is 0 Å². The van der Waals surface area contributed by atoms with Gasteiger partial charge >= 0.3 is 0 Å². The van der Waals surface area contributed by atoms with Crippen LogP contribution in [0.2, 0.25) is 0 Å². The highest BCUT2D eigenvalue weighted by Gasteiger charge is 2.23. The van der Waals surface area contributed by atoms with E-state index in [0.717, 1.165) is 37.1 Å². The fraction of sp³-hybridized carbons (Fsp3) is 0.647. The maximum absolute atomic E-state index is 12.8. The first-order valence-corrected chi connectivity index (χ1v) is 8.19. The minimum Gasteiger partial charge on any atom is -0.383 e. The minimum absolute atomic E-state index is 0.114. The van der Waals surface area contributed by atoms with E-state index in [9.17, 15) is 4.79 Å². The van der Waals surface area contributed by atoms with Crippen molar-refractivity contribution in [2.75, 3.05) is 18.9 Å². The molecule has 0 saturated heterocycles. The zero-order chi connectivity index (χ0) is 15.1. The summed E-state index contributed by atoms with van der Waals surface area (Å²) in [4.78, 5) is 18.9. The van der Waals surface area contributed by atoms with E-state index in [1.165, 1.54) is 25.7 Å². The number of nitrogens with zero attached hydrogens (tertiary/aromatic N) is 2. The molecule has 0 atom stereocenters. The van der Waals surface area contributed by atoms with Crippen molar-refractivity contribution < 1.29 is 4.79 Å². The predicted molar refractivity (Wildman–Crippen MR) is 86.6 cm³/mol. The number of aromatic nitrogens is 1. The number of hydrogen-bond acceptors (Lipinski definition) is 3. The summed E-state index contributed by atoms with van der Waals surface area (Å²) in [5.74, 6) is 0.114. The largest absolute Gasteiger partial charge is 0.383 e. The molecule has 1 amide bonds. The van der Waals surface area contributed by atoms with Crippen molar-refractivity contribution in [2.45, 2.75) is 57.9 Å². The van der Waals surface area contributed by atoms with E-state index in [1.54, 1.807) is 12.4 Å². The number of carbonyl (C=O) groups excluding carboxylic acids is 1. The van der Waals surface area contributed by atoms with Crippen LogP contribution in [0.4, 0.5) is 5.69 Å². The van der Waals surface area contributed by atoms with Gasteiger partial charge < -0.3 is 10.2 Å². The van der Waals surface area contributed by atoms with Crippen molar-refractivity contribution >= 4 is 11.6 Å². The number of rotatable bonds is 5. The molecule has 116 valence electrons. The average Bonchev–Trinajstić information content (AvgIpc) is 2.81. The second-order valence-corrected chi connectivity index (χ2v) is 5.91. The maximum Gasteiger partial charge on any atom is 0.256 e. The number of nitrogens with one attached hydrogen (secondary N) is 1. The summed E-state index contributed by atoms with van der Waals surface area (Å²) in [5, 5.41) is 3.30. The quantitative estimate of drug-likeness (QED) is 0.841. The smallest absolute Gasteiger partial charge is 0.256 e. The van der Waals surface area contributed by atoms with Gasteiger partial charge in [-0.2, -0.15) is 0 Å². The number of carbonyl (C=O) groups is 1. The molecule has 1 aromatic rings. The topological polar surface area (TPSA) is 45.2 Å². The zero-order valence-corrected chi connectivity index (χ0v) is 13.3. The molecule has 21 heavy (non-hydrogen) atoms. The molecule has 2 rings (SSSR count). The Hall–Kier alpha value is -1.58. The van der Waals surface area contributed by atoms with Crippen LogP contribution in [0.15, 0.2) is 18.5 Å². The lowest BCUT2D eigenvalue weighted by Crippen LogP contribution is -2.37. The lowest BCUT2D eigenvalue weighted by Gasteiger charge is -2.28. The van der Waals surface area contributed by atoms with E-state index < -0.39 is 0 Å². The van der Waals surface area contributed by atoms with Crippen molar-refractivity contribution in [3.63, 3.8) is 0 Å². The average molecular weight is 289 g/mol. The molecule has 4 nitrogen and oxygen atoms in total. The molecule has 0 bridgehead atoms. The van der Waals surface area contributed by atoms with Gasteiger partial charge in [-0.25, -0.2) is 0 Å². The normalized spacial score (nSPS) is 16.3. The predicted octanol–water partition coefficient (Wildman–Crippen LogP) is 3.70. The highest BCUT2D eigenvalue weighted by Crippen LogP contribution is 2.24. The molecule has 0 aromatic carbocycles. The minimum atomic E-state index is 0.114. The van der Waals surface area contributed by atoms with Gasteiger partial charge in [-0.05, 0) is 25.3 Å². The Morgan fingerprint density at radius 3 is 2.71 bits per heavy atom. The highest BCUT2D eigenvalue weighted by atomic mass is 16.2. The van der Waals surface area contributed by atoms with Gasteiger partial charge in [-0.3, -0.25) is 9.78 Å². The SMILES string of the molecule is CCCNc1cnccc1C(=O)N(C)C1CCCCCC1. The first-order chi connectivity index (χ1) is 10.2. The summed E-state index contributed by atoms with van der Waals surface area (Å²) < 4.78 is 0. The summed E-state index contributed by atoms with van der Waals surface area (Å²) in [5.41, 5.74) is 1.59. The van der Waals surface area contributed by atoms with Gasteiger partial charge in [0.25, 0.3) is 5.91 Å². The number of amides is 1. The lowest BCUT2D eigenvalue weighted by atomic mass is 10.1. The lowest BCUT2D eigenvalue weighted by molar-refractivity contribution is 0.0718. The number of anilines is 1. The molecule has 0 spiro atoms. The molecule has 1 N–H and O–H groups in total. The maximum atomic E-state index is 12.8. The summed E-state index contributed by atoms with van der Waals surface area (Å²) in [6.45, 7) is 2.97. The van der Waals surface area contributed by atoms with E-state index in [0.29, 0.717) is 6.04 Å². The van der Waals surface area contributed by atoms with Gasteiger partial charge in [-0.15, -0.1) is 0 Å². The fourth-order valence-corrected chi connectivity index (χ4v) is 2.98. The van der Waals surface area contributed by atoms with E-state index in [4.69, 9.17) is 0 Å². The van der Waals surface area contributed by atoms with Crippen LogP contribution in [-0.4, -0.2) is 35.4 Å². The van der Waals surface area contributed by atoms with Crippen LogP contribution in [-0.2, 0) is 0 Å². The Morgan fingerprint density at radius 2 is 2.05 bits per heavy atom. The van der Waals surface area contributed by atoms with E-state index in [1.807, 2.05) is 18.0 Å². The van der Waals surface area contributed by atoms with Crippen molar-refractivity contribution in [1.29, 1.82) is 0 Å². The Kier molecular flexibility index (Phi) is 6.03.